The maximum atomic E-state index is 13.1. The second kappa shape index (κ2) is 5.21. The lowest BCUT2D eigenvalue weighted by molar-refractivity contribution is 0.240. The van der Waals surface area contributed by atoms with E-state index in [2.05, 4.69) is 11.0 Å². The molecule has 0 spiro atoms. The average Bonchev–Trinajstić information content (AvgIpc) is 2.88. The molecule has 0 bridgehead atoms. The molecule has 0 aliphatic rings. The number of benzene rings is 1. The molecular formula is C16H10ClFN2O. The molecule has 0 radical (unpaired) electrons. The Hall–Kier alpha value is -2.35. The standard InChI is InChI=1S/C16H10ClFN2O/c1-2-13(21)15-12-4-3-5-14(17)20(12)19-16(15)10-6-8-11(18)9-7-10/h1,3-9,13,21H. The maximum Gasteiger partial charge on any atom is 0.144 e. The molecule has 3 nitrogen and oxygen atoms in total. The number of terminal acetylenes is 1. The average molecular weight is 301 g/mol. The van der Waals surface area contributed by atoms with Crippen molar-refractivity contribution in [2.45, 2.75) is 6.10 Å². The highest BCUT2D eigenvalue weighted by Gasteiger charge is 2.20. The van der Waals surface area contributed by atoms with Crippen LogP contribution in [0.2, 0.25) is 5.15 Å². The molecule has 0 saturated carbocycles. The third-order valence-electron chi connectivity index (χ3n) is 3.20. The summed E-state index contributed by atoms with van der Waals surface area (Å²) in [7, 11) is 0. The van der Waals surface area contributed by atoms with Crippen molar-refractivity contribution < 1.29 is 9.50 Å². The van der Waals surface area contributed by atoms with Crippen LogP contribution < -0.4 is 0 Å². The van der Waals surface area contributed by atoms with Crippen LogP contribution in [-0.2, 0) is 0 Å². The van der Waals surface area contributed by atoms with Gasteiger partial charge in [-0.25, -0.2) is 8.91 Å². The molecule has 1 atom stereocenters. The molecule has 0 aliphatic carbocycles. The van der Waals surface area contributed by atoms with Crippen LogP contribution >= 0.6 is 11.6 Å². The molecule has 0 saturated heterocycles. The number of nitrogens with zero attached hydrogens (tertiary/aromatic N) is 2. The number of aliphatic hydroxyl groups excluding tert-OH is 1. The van der Waals surface area contributed by atoms with Gasteiger partial charge in [-0.05, 0) is 36.4 Å². The zero-order chi connectivity index (χ0) is 15.0. The summed E-state index contributed by atoms with van der Waals surface area (Å²) in [6.07, 6.45) is 4.21. The van der Waals surface area contributed by atoms with E-state index in [0.717, 1.165) is 0 Å². The van der Waals surface area contributed by atoms with Crippen LogP contribution in [0.5, 0.6) is 0 Å². The number of aliphatic hydroxyl groups is 1. The van der Waals surface area contributed by atoms with Gasteiger partial charge in [0.05, 0.1) is 5.52 Å². The van der Waals surface area contributed by atoms with Crippen LogP contribution in [0.1, 0.15) is 11.7 Å². The van der Waals surface area contributed by atoms with Gasteiger partial charge in [-0.3, -0.25) is 0 Å². The Bertz CT molecular complexity index is 849. The van der Waals surface area contributed by atoms with Gasteiger partial charge in [0.2, 0.25) is 0 Å². The molecular weight excluding hydrogens is 291 g/mol. The number of pyridine rings is 1. The van der Waals surface area contributed by atoms with Crippen LogP contribution in [0.25, 0.3) is 16.8 Å². The summed E-state index contributed by atoms with van der Waals surface area (Å²) in [4.78, 5) is 0. The molecule has 0 amide bonds. The highest BCUT2D eigenvalue weighted by atomic mass is 35.5. The van der Waals surface area contributed by atoms with E-state index in [4.69, 9.17) is 18.0 Å². The summed E-state index contributed by atoms with van der Waals surface area (Å²) >= 11 is 6.11. The van der Waals surface area contributed by atoms with Gasteiger partial charge >= 0.3 is 0 Å². The zero-order valence-electron chi connectivity index (χ0n) is 10.8. The number of fused-ring (bicyclic) bond motifs is 1. The highest BCUT2D eigenvalue weighted by Crippen LogP contribution is 2.32. The minimum atomic E-state index is -1.12. The van der Waals surface area contributed by atoms with E-state index in [0.29, 0.717) is 27.5 Å². The van der Waals surface area contributed by atoms with Gasteiger partial charge in [-0.2, -0.15) is 5.10 Å². The lowest BCUT2D eigenvalue weighted by atomic mass is 10.0. The molecule has 3 aromatic rings. The Morgan fingerprint density at radius 1 is 1.24 bits per heavy atom. The van der Waals surface area contributed by atoms with Crippen molar-refractivity contribution in [2.24, 2.45) is 0 Å². The van der Waals surface area contributed by atoms with Crippen LogP contribution in [0.4, 0.5) is 4.39 Å². The fourth-order valence-corrected chi connectivity index (χ4v) is 2.43. The Kier molecular flexibility index (Phi) is 3.38. The number of halogens is 2. The number of hydrogen-bond donors (Lipinski definition) is 1. The molecule has 1 unspecified atom stereocenters. The summed E-state index contributed by atoms with van der Waals surface area (Å²) in [5.74, 6) is 1.94. The number of rotatable bonds is 2. The minimum absolute atomic E-state index is 0.348. The second-order valence-corrected chi connectivity index (χ2v) is 4.87. The maximum absolute atomic E-state index is 13.1. The summed E-state index contributed by atoms with van der Waals surface area (Å²) in [5.41, 5.74) is 2.23. The first-order valence-electron chi connectivity index (χ1n) is 6.19. The largest absolute Gasteiger partial charge is 0.376 e. The van der Waals surface area contributed by atoms with Crippen molar-refractivity contribution in [3.63, 3.8) is 0 Å². The lowest BCUT2D eigenvalue weighted by Crippen LogP contribution is -1.95. The van der Waals surface area contributed by atoms with Gasteiger partial charge < -0.3 is 5.11 Å². The van der Waals surface area contributed by atoms with Gasteiger partial charge in [-0.1, -0.05) is 23.6 Å². The van der Waals surface area contributed by atoms with Gasteiger partial charge in [-0.15, -0.1) is 6.42 Å². The van der Waals surface area contributed by atoms with E-state index in [1.54, 1.807) is 30.3 Å². The fourth-order valence-electron chi connectivity index (χ4n) is 2.23. The monoisotopic (exact) mass is 300 g/mol. The Balaban J connectivity index is 2.34. The molecule has 2 heterocycles. The van der Waals surface area contributed by atoms with Crippen molar-refractivity contribution >= 4 is 17.1 Å². The third-order valence-corrected chi connectivity index (χ3v) is 3.48. The Morgan fingerprint density at radius 2 is 1.95 bits per heavy atom. The van der Waals surface area contributed by atoms with E-state index >= 15 is 0 Å². The Labute approximate surface area is 125 Å². The fraction of sp³-hybridized carbons (Fsp3) is 0.0625. The molecule has 5 heteroatoms. The van der Waals surface area contributed by atoms with Crippen LogP contribution in [0, 0.1) is 18.2 Å². The second-order valence-electron chi connectivity index (χ2n) is 4.48. The molecule has 2 aromatic heterocycles. The topological polar surface area (TPSA) is 37.5 Å². The van der Waals surface area contributed by atoms with Crippen molar-refractivity contribution in [1.29, 1.82) is 0 Å². The summed E-state index contributed by atoms with van der Waals surface area (Å²) < 4.78 is 14.6. The predicted molar refractivity (Wildman–Crippen MR) is 79.4 cm³/mol. The SMILES string of the molecule is C#CC(O)c1c(-c2ccc(F)cc2)nn2c(Cl)cccc12. The van der Waals surface area contributed by atoms with Gasteiger partial charge in [0.15, 0.2) is 0 Å². The first-order chi connectivity index (χ1) is 10.1. The first kappa shape index (κ1) is 13.6. The molecule has 104 valence electrons. The highest BCUT2D eigenvalue weighted by molar-refractivity contribution is 6.29. The molecule has 1 N–H and O–H groups in total. The van der Waals surface area contributed by atoms with E-state index in [1.807, 2.05) is 0 Å². The summed E-state index contributed by atoms with van der Waals surface area (Å²) in [6.45, 7) is 0. The van der Waals surface area contributed by atoms with E-state index < -0.39 is 6.10 Å². The van der Waals surface area contributed by atoms with Crippen molar-refractivity contribution in [1.82, 2.24) is 9.61 Å². The van der Waals surface area contributed by atoms with Crippen LogP contribution in [0.15, 0.2) is 42.5 Å². The van der Waals surface area contributed by atoms with Crippen molar-refractivity contribution in [3.8, 4) is 23.6 Å². The summed E-state index contributed by atoms with van der Waals surface area (Å²) in [6, 6.07) is 11.0. The summed E-state index contributed by atoms with van der Waals surface area (Å²) in [5, 5.41) is 14.9. The molecule has 0 fully saturated rings. The number of aromatic nitrogens is 2. The van der Waals surface area contributed by atoms with E-state index in [9.17, 15) is 9.50 Å². The van der Waals surface area contributed by atoms with Crippen LogP contribution in [-0.4, -0.2) is 14.7 Å². The normalized spacial score (nSPS) is 12.3. The van der Waals surface area contributed by atoms with Crippen molar-refractivity contribution in [3.05, 3.63) is 59.0 Å². The smallest absolute Gasteiger partial charge is 0.144 e. The minimum Gasteiger partial charge on any atom is -0.376 e. The predicted octanol–water partition coefficient (Wildman–Crippen LogP) is 3.46. The van der Waals surface area contributed by atoms with Crippen LogP contribution in [0.3, 0.4) is 0 Å². The Morgan fingerprint density at radius 3 is 2.62 bits per heavy atom. The molecule has 3 rings (SSSR count). The first-order valence-corrected chi connectivity index (χ1v) is 6.57. The van der Waals surface area contributed by atoms with Gasteiger partial charge in [0, 0.05) is 11.1 Å². The molecule has 21 heavy (non-hydrogen) atoms. The van der Waals surface area contributed by atoms with Gasteiger partial charge in [0.1, 0.15) is 22.8 Å². The molecule has 0 aliphatic heterocycles. The van der Waals surface area contributed by atoms with E-state index in [-0.39, 0.29) is 5.82 Å². The van der Waals surface area contributed by atoms with E-state index in [1.165, 1.54) is 16.6 Å². The number of hydrogen-bond acceptors (Lipinski definition) is 2. The molecule has 1 aromatic carbocycles. The van der Waals surface area contributed by atoms with Gasteiger partial charge in [0.25, 0.3) is 0 Å². The van der Waals surface area contributed by atoms with Crippen molar-refractivity contribution in [2.75, 3.05) is 0 Å². The zero-order valence-corrected chi connectivity index (χ0v) is 11.5. The quantitative estimate of drug-likeness (QED) is 0.581. The third kappa shape index (κ3) is 2.27. The lowest BCUT2D eigenvalue weighted by Gasteiger charge is -2.05.